The zero-order valence-corrected chi connectivity index (χ0v) is 19.6. The third-order valence-corrected chi connectivity index (χ3v) is 8.12. The number of ether oxygens (including phenoxy) is 1. The highest BCUT2D eigenvalue weighted by Gasteiger charge is 2.69. The monoisotopic (exact) mass is 456 g/mol. The predicted molar refractivity (Wildman–Crippen MR) is 133 cm³/mol. The normalized spacial score (nSPS) is 30.3. The minimum Gasteiger partial charge on any atom is -0.376 e. The predicted octanol–water partition coefficient (Wildman–Crippen LogP) is 5.21. The summed E-state index contributed by atoms with van der Waals surface area (Å²) < 4.78 is 20.6. The van der Waals surface area contributed by atoms with Crippen LogP contribution in [0.15, 0.2) is 91.0 Å². The molecule has 2 atom stereocenters. The van der Waals surface area contributed by atoms with Gasteiger partial charge in [0.2, 0.25) is 0 Å². The van der Waals surface area contributed by atoms with E-state index in [0.29, 0.717) is 25.9 Å². The number of alkyl halides is 1. The van der Waals surface area contributed by atoms with E-state index in [0.717, 1.165) is 19.5 Å². The largest absolute Gasteiger partial charge is 0.376 e. The fourth-order valence-electron chi connectivity index (χ4n) is 6.57. The molecule has 3 aliphatic carbocycles. The number of rotatable bonds is 8. The highest BCUT2D eigenvalue weighted by atomic mass is 19.1. The second-order valence-corrected chi connectivity index (χ2v) is 10.6. The van der Waals surface area contributed by atoms with Crippen molar-refractivity contribution in [2.75, 3.05) is 19.7 Å². The molecule has 0 radical (unpaired) electrons. The van der Waals surface area contributed by atoms with Gasteiger partial charge < -0.3 is 10.1 Å². The highest BCUT2D eigenvalue weighted by molar-refractivity contribution is 5.49. The molecule has 0 aromatic heterocycles. The summed E-state index contributed by atoms with van der Waals surface area (Å²) in [5.41, 5.74) is 2.31. The van der Waals surface area contributed by atoms with Crippen molar-refractivity contribution in [3.63, 3.8) is 0 Å². The Morgan fingerprint density at radius 1 is 0.824 bits per heavy atom. The molecule has 2 N–H and O–H groups in total. The molecule has 7 rings (SSSR count). The van der Waals surface area contributed by atoms with Crippen LogP contribution >= 0.6 is 0 Å². The van der Waals surface area contributed by atoms with Crippen LogP contribution in [0.1, 0.15) is 42.4 Å². The molecule has 1 aliphatic heterocycles. The molecule has 4 aliphatic rings. The number of halogens is 1. The van der Waals surface area contributed by atoms with E-state index in [1.165, 1.54) is 16.7 Å². The van der Waals surface area contributed by atoms with Gasteiger partial charge in [0.15, 0.2) is 0 Å². The lowest BCUT2D eigenvalue weighted by Gasteiger charge is -2.66. The number of benzene rings is 3. The standard InChI is InChI=1S/C30H33FN2O/c31-29-19-28(20-29,21-29)22-34-27-16-17-32-18-26(27)33-30(23-10-4-1-5-11-23,24-12-6-2-7-13-24)25-14-8-3-9-15-25/h1-15,26-27,32-33H,16-22H2. The van der Waals surface area contributed by atoms with Crippen LogP contribution in [0.2, 0.25) is 0 Å². The molecule has 34 heavy (non-hydrogen) atoms. The lowest BCUT2D eigenvalue weighted by molar-refractivity contribution is -0.245. The van der Waals surface area contributed by atoms with Crippen LogP contribution in [0.5, 0.6) is 0 Å². The zero-order chi connectivity index (χ0) is 23.1. The second kappa shape index (κ2) is 8.60. The topological polar surface area (TPSA) is 33.3 Å². The van der Waals surface area contributed by atoms with Crippen molar-refractivity contribution >= 4 is 0 Å². The Hall–Kier alpha value is -2.53. The smallest absolute Gasteiger partial charge is 0.113 e. The molecule has 2 unspecified atom stereocenters. The van der Waals surface area contributed by atoms with Crippen LogP contribution in [-0.4, -0.2) is 37.5 Å². The Labute approximate surface area is 201 Å². The molecular weight excluding hydrogens is 423 g/mol. The van der Waals surface area contributed by atoms with Crippen molar-refractivity contribution < 1.29 is 9.13 Å². The van der Waals surface area contributed by atoms with E-state index < -0.39 is 11.2 Å². The van der Waals surface area contributed by atoms with Crippen molar-refractivity contribution in [1.82, 2.24) is 10.6 Å². The van der Waals surface area contributed by atoms with E-state index in [-0.39, 0.29) is 17.6 Å². The van der Waals surface area contributed by atoms with Crippen LogP contribution in [0.4, 0.5) is 4.39 Å². The molecule has 4 fully saturated rings. The van der Waals surface area contributed by atoms with Crippen LogP contribution in [-0.2, 0) is 10.3 Å². The number of hydrogen-bond acceptors (Lipinski definition) is 3. The summed E-state index contributed by atoms with van der Waals surface area (Å²) >= 11 is 0. The molecule has 3 nitrogen and oxygen atoms in total. The van der Waals surface area contributed by atoms with Gasteiger partial charge in [0.25, 0.3) is 0 Å². The fraction of sp³-hybridized carbons (Fsp3) is 0.400. The second-order valence-electron chi connectivity index (χ2n) is 10.6. The first-order chi connectivity index (χ1) is 16.6. The van der Waals surface area contributed by atoms with E-state index in [1.807, 2.05) is 0 Å². The van der Waals surface area contributed by atoms with Crippen molar-refractivity contribution in [1.29, 1.82) is 0 Å². The summed E-state index contributed by atoms with van der Waals surface area (Å²) in [7, 11) is 0. The molecule has 1 heterocycles. The van der Waals surface area contributed by atoms with Crippen LogP contribution < -0.4 is 10.6 Å². The van der Waals surface area contributed by atoms with Gasteiger partial charge in [-0.05, 0) is 48.9 Å². The first kappa shape index (κ1) is 22.0. The van der Waals surface area contributed by atoms with Gasteiger partial charge in [-0.15, -0.1) is 0 Å². The van der Waals surface area contributed by atoms with Gasteiger partial charge >= 0.3 is 0 Å². The third kappa shape index (κ3) is 3.78. The number of piperidine rings is 1. The van der Waals surface area contributed by atoms with E-state index >= 15 is 0 Å². The molecule has 3 aromatic rings. The number of hydrogen-bond donors (Lipinski definition) is 2. The van der Waals surface area contributed by atoms with Crippen LogP contribution in [0.3, 0.4) is 0 Å². The Bertz CT molecular complexity index is 988. The minimum absolute atomic E-state index is 0.0846. The maximum atomic E-state index is 14.1. The maximum absolute atomic E-state index is 14.1. The quantitative estimate of drug-likeness (QED) is 0.457. The first-order valence-corrected chi connectivity index (χ1v) is 12.6. The molecule has 3 aromatic carbocycles. The molecule has 176 valence electrons. The van der Waals surface area contributed by atoms with Crippen LogP contribution in [0.25, 0.3) is 0 Å². The van der Waals surface area contributed by atoms with Gasteiger partial charge in [0.05, 0.1) is 18.2 Å². The third-order valence-electron chi connectivity index (χ3n) is 8.12. The van der Waals surface area contributed by atoms with E-state index in [4.69, 9.17) is 4.74 Å². The highest BCUT2D eigenvalue weighted by Crippen LogP contribution is 2.69. The van der Waals surface area contributed by atoms with Gasteiger partial charge in [-0.1, -0.05) is 91.0 Å². The van der Waals surface area contributed by atoms with E-state index in [9.17, 15) is 4.39 Å². The summed E-state index contributed by atoms with van der Waals surface area (Å²) in [6, 6.07) is 32.2. The Morgan fingerprint density at radius 2 is 1.32 bits per heavy atom. The Balaban J connectivity index is 1.36. The summed E-state index contributed by atoms with van der Waals surface area (Å²) in [5, 5.41) is 7.68. The molecule has 1 saturated heterocycles. The summed E-state index contributed by atoms with van der Waals surface area (Å²) in [6.07, 6.45) is 3.09. The van der Waals surface area contributed by atoms with E-state index in [2.05, 4.69) is 102 Å². The van der Waals surface area contributed by atoms with Crippen molar-refractivity contribution in [2.45, 2.75) is 49.0 Å². The van der Waals surface area contributed by atoms with Gasteiger partial charge in [0.1, 0.15) is 5.67 Å². The van der Waals surface area contributed by atoms with Gasteiger partial charge in [-0.2, -0.15) is 0 Å². The molecule has 3 saturated carbocycles. The number of nitrogens with one attached hydrogen (secondary N) is 2. The SMILES string of the molecule is FC12CC(COC3CCNCC3NC(c3ccccc3)(c3ccccc3)c3ccccc3)(C1)C2. The summed E-state index contributed by atoms with van der Waals surface area (Å²) in [6.45, 7) is 2.45. The fourth-order valence-corrected chi connectivity index (χ4v) is 6.57. The maximum Gasteiger partial charge on any atom is 0.113 e. The summed E-state index contributed by atoms with van der Waals surface area (Å²) in [4.78, 5) is 0. The molecule has 0 amide bonds. The van der Waals surface area contributed by atoms with Crippen molar-refractivity contribution in [3.05, 3.63) is 108 Å². The van der Waals surface area contributed by atoms with Crippen molar-refractivity contribution in [3.8, 4) is 0 Å². The molecule has 2 bridgehead atoms. The zero-order valence-electron chi connectivity index (χ0n) is 19.6. The van der Waals surface area contributed by atoms with Crippen LogP contribution in [0, 0.1) is 5.41 Å². The lowest BCUT2D eigenvalue weighted by Crippen LogP contribution is -2.67. The first-order valence-electron chi connectivity index (χ1n) is 12.6. The van der Waals surface area contributed by atoms with Gasteiger partial charge in [0, 0.05) is 18.0 Å². The van der Waals surface area contributed by atoms with E-state index in [1.54, 1.807) is 0 Å². The lowest BCUT2D eigenvalue weighted by atomic mass is 9.43. The average molecular weight is 457 g/mol. The molecular formula is C30H33FN2O. The minimum atomic E-state index is -0.877. The summed E-state index contributed by atoms with van der Waals surface area (Å²) in [5.74, 6) is 0. The molecule has 4 heteroatoms. The van der Waals surface area contributed by atoms with Crippen molar-refractivity contribution in [2.24, 2.45) is 5.41 Å². The Morgan fingerprint density at radius 3 is 1.79 bits per heavy atom. The molecule has 0 spiro atoms. The van der Waals surface area contributed by atoms with Gasteiger partial charge in [-0.25, -0.2) is 4.39 Å². The average Bonchev–Trinajstić information content (AvgIpc) is 2.86. The Kier molecular flexibility index (Phi) is 5.56. The van der Waals surface area contributed by atoms with Gasteiger partial charge in [-0.3, -0.25) is 5.32 Å².